The molecule has 1 aromatic carbocycles. The van der Waals surface area contributed by atoms with Crippen molar-refractivity contribution in [3.05, 3.63) is 58.4 Å². The zero-order valence-corrected chi connectivity index (χ0v) is 18.8. The zero-order chi connectivity index (χ0) is 22.4. The maximum absolute atomic E-state index is 13.0. The number of hydrogen-bond acceptors (Lipinski definition) is 6. The van der Waals surface area contributed by atoms with Gasteiger partial charge < -0.3 is 10.1 Å². The van der Waals surface area contributed by atoms with Crippen molar-refractivity contribution in [3.8, 4) is 0 Å². The van der Waals surface area contributed by atoms with E-state index in [4.69, 9.17) is 16.3 Å². The van der Waals surface area contributed by atoms with E-state index in [2.05, 4.69) is 26.6 Å². The third kappa shape index (κ3) is 6.15. The van der Waals surface area contributed by atoms with Crippen molar-refractivity contribution in [2.75, 3.05) is 26.7 Å². The Hall–Kier alpha value is -2.71. The van der Waals surface area contributed by atoms with Gasteiger partial charge in [-0.2, -0.15) is 0 Å². The molecule has 1 aromatic heterocycles. The lowest BCUT2D eigenvalue weighted by Gasteiger charge is -2.22. The first-order valence-electron chi connectivity index (χ1n) is 10.3. The highest BCUT2D eigenvalue weighted by Crippen LogP contribution is 2.27. The largest absolute Gasteiger partial charge is 0.464 e. The van der Waals surface area contributed by atoms with Crippen molar-refractivity contribution < 1.29 is 14.3 Å². The highest BCUT2D eigenvalue weighted by Gasteiger charge is 2.37. The Morgan fingerprint density at radius 3 is 2.87 bits per heavy atom. The Morgan fingerprint density at radius 1 is 1.35 bits per heavy atom. The van der Waals surface area contributed by atoms with Crippen molar-refractivity contribution in [2.24, 2.45) is 0 Å². The van der Waals surface area contributed by atoms with Gasteiger partial charge >= 0.3 is 5.97 Å². The van der Waals surface area contributed by atoms with Gasteiger partial charge in [-0.15, -0.1) is 5.10 Å². The first kappa shape index (κ1) is 23.0. The van der Waals surface area contributed by atoms with Crippen LogP contribution >= 0.6 is 11.6 Å². The van der Waals surface area contributed by atoms with Crippen LogP contribution in [0.15, 0.2) is 42.1 Å². The molecule has 3 rings (SSSR count). The molecule has 1 fully saturated rings. The molecule has 0 radical (unpaired) electrons. The molecule has 1 aliphatic rings. The van der Waals surface area contributed by atoms with Crippen molar-refractivity contribution in [2.45, 2.75) is 38.8 Å². The standard InChI is InChI=1S/C22H28ClN5O3/c1-15(2)8-10-27-13-18(28-14-19(25-26-28)22(30)31-3)12-20(27)21(29)24-9-7-16-5-4-6-17(23)11-16/h4-6,8,11,14,18,20H,7,9-10,12-13H2,1-3H3,(H,24,29)/t18-,20+/m1/s1. The number of nitrogens with one attached hydrogen (secondary N) is 1. The van der Waals surface area contributed by atoms with Crippen molar-refractivity contribution in [3.63, 3.8) is 0 Å². The number of carbonyl (C=O) groups is 2. The molecule has 2 aromatic rings. The van der Waals surface area contributed by atoms with Gasteiger partial charge in [0.15, 0.2) is 5.69 Å². The Labute approximate surface area is 187 Å². The molecule has 31 heavy (non-hydrogen) atoms. The van der Waals surface area contributed by atoms with Crippen LogP contribution in [-0.4, -0.2) is 64.6 Å². The lowest BCUT2D eigenvalue weighted by molar-refractivity contribution is -0.125. The molecule has 9 heteroatoms. The summed E-state index contributed by atoms with van der Waals surface area (Å²) in [5, 5.41) is 11.7. The number of aromatic nitrogens is 3. The van der Waals surface area contributed by atoms with Crippen LogP contribution in [0.25, 0.3) is 0 Å². The Kier molecular flexibility index (Phi) is 7.81. The summed E-state index contributed by atoms with van der Waals surface area (Å²) in [5.41, 5.74) is 2.43. The summed E-state index contributed by atoms with van der Waals surface area (Å²) in [6.45, 7) is 5.91. The summed E-state index contributed by atoms with van der Waals surface area (Å²) in [6.07, 6.45) is 4.98. The molecule has 0 bridgehead atoms. The summed E-state index contributed by atoms with van der Waals surface area (Å²) < 4.78 is 6.35. The first-order valence-corrected chi connectivity index (χ1v) is 10.6. The minimum Gasteiger partial charge on any atom is -0.464 e. The van der Waals surface area contributed by atoms with Crippen molar-refractivity contribution >= 4 is 23.5 Å². The van der Waals surface area contributed by atoms with E-state index >= 15 is 0 Å². The fourth-order valence-corrected chi connectivity index (χ4v) is 3.85. The number of hydrogen-bond donors (Lipinski definition) is 1. The Bertz CT molecular complexity index is 954. The summed E-state index contributed by atoms with van der Waals surface area (Å²) >= 11 is 6.03. The lowest BCUT2D eigenvalue weighted by Crippen LogP contribution is -2.43. The molecular weight excluding hydrogens is 418 g/mol. The monoisotopic (exact) mass is 445 g/mol. The maximum atomic E-state index is 13.0. The summed E-state index contributed by atoms with van der Waals surface area (Å²) in [4.78, 5) is 26.8. The molecule has 2 atom stereocenters. The molecule has 1 N–H and O–H groups in total. The number of likely N-dealkylation sites (tertiary alicyclic amines) is 1. The van der Waals surface area contributed by atoms with E-state index in [9.17, 15) is 9.59 Å². The average molecular weight is 446 g/mol. The van der Waals surface area contributed by atoms with E-state index in [0.29, 0.717) is 37.5 Å². The smallest absolute Gasteiger partial charge is 0.360 e. The summed E-state index contributed by atoms with van der Waals surface area (Å²) in [7, 11) is 1.31. The van der Waals surface area contributed by atoms with Crippen LogP contribution in [0, 0.1) is 0 Å². The summed E-state index contributed by atoms with van der Waals surface area (Å²) in [6, 6.07) is 7.30. The van der Waals surface area contributed by atoms with Gasteiger partial charge in [0.25, 0.3) is 0 Å². The number of benzene rings is 1. The molecule has 1 saturated heterocycles. The van der Waals surface area contributed by atoms with Crippen LogP contribution in [0.1, 0.15) is 42.4 Å². The number of carbonyl (C=O) groups excluding carboxylic acids is 2. The molecule has 0 aliphatic carbocycles. The van der Waals surface area contributed by atoms with Gasteiger partial charge in [0.1, 0.15) is 0 Å². The Balaban J connectivity index is 1.65. The number of rotatable bonds is 8. The number of methoxy groups -OCH3 is 1. The molecular formula is C22H28ClN5O3. The highest BCUT2D eigenvalue weighted by atomic mass is 35.5. The van der Waals surface area contributed by atoms with E-state index in [1.54, 1.807) is 10.9 Å². The van der Waals surface area contributed by atoms with Gasteiger partial charge in [0.2, 0.25) is 5.91 Å². The number of nitrogens with zero attached hydrogens (tertiary/aromatic N) is 4. The number of ether oxygens (including phenoxy) is 1. The van der Waals surface area contributed by atoms with E-state index in [1.165, 1.54) is 12.7 Å². The molecule has 166 valence electrons. The minimum atomic E-state index is -0.527. The van der Waals surface area contributed by atoms with Gasteiger partial charge in [-0.05, 0) is 44.4 Å². The van der Waals surface area contributed by atoms with E-state index in [0.717, 1.165) is 5.56 Å². The molecule has 0 unspecified atom stereocenters. The van der Waals surface area contributed by atoms with Crippen LogP contribution in [0.3, 0.4) is 0 Å². The van der Waals surface area contributed by atoms with Crippen molar-refractivity contribution in [1.82, 2.24) is 25.2 Å². The van der Waals surface area contributed by atoms with Crippen LogP contribution in [0.2, 0.25) is 5.02 Å². The topological polar surface area (TPSA) is 89.4 Å². The second-order valence-corrected chi connectivity index (χ2v) is 8.32. The highest BCUT2D eigenvalue weighted by molar-refractivity contribution is 6.30. The first-order chi connectivity index (χ1) is 14.9. The Morgan fingerprint density at radius 2 is 2.16 bits per heavy atom. The molecule has 1 amide bonds. The number of halogens is 1. The van der Waals surface area contributed by atoms with Gasteiger partial charge in [-0.3, -0.25) is 9.69 Å². The number of allylic oxidation sites excluding steroid dienone is 1. The predicted octanol–water partition coefficient (Wildman–Crippen LogP) is 2.66. The zero-order valence-electron chi connectivity index (χ0n) is 18.0. The SMILES string of the molecule is COC(=O)c1cn([C@@H]2C[C@@H](C(=O)NCCc3cccc(Cl)c3)N(CC=C(C)C)C2)nn1. The number of amides is 1. The number of esters is 1. The quantitative estimate of drug-likeness (QED) is 0.496. The van der Waals surface area contributed by atoms with Crippen LogP contribution in [0.5, 0.6) is 0 Å². The van der Waals surface area contributed by atoms with Gasteiger partial charge in [-0.25, -0.2) is 9.48 Å². The van der Waals surface area contributed by atoms with E-state index in [-0.39, 0.29) is 23.7 Å². The normalized spacial score (nSPS) is 18.6. The second-order valence-electron chi connectivity index (χ2n) is 7.89. The average Bonchev–Trinajstić information content (AvgIpc) is 3.39. The minimum absolute atomic E-state index is 0.0139. The molecule has 8 nitrogen and oxygen atoms in total. The van der Waals surface area contributed by atoms with Crippen molar-refractivity contribution in [1.29, 1.82) is 0 Å². The van der Waals surface area contributed by atoms with Crippen LogP contribution in [0.4, 0.5) is 0 Å². The van der Waals surface area contributed by atoms with E-state index < -0.39 is 5.97 Å². The summed E-state index contributed by atoms with van der Waals surface area (Å²) in [5.74, 6) is -0.541. The third-order valence-electron chi connectivity index (χ3n) is 5.30. The molecule has 0 spiro atoms. The lowest BCUT2D eigenvalue weighted by atomic mass is 10.1. The van der Waals surface area contributed by atoms with Crippen LogP contribution < -0.4 is 5.32 Å². The third-order valence-corrected chi connectivity index (χ3v) is 5.53. The van der Waals surface area contributed by atoms with Gasteiger partial charge in [-0.1, -0.05) is 40.6 Å². The predicted molar refractivity (Wildman–Crippen MR) is 118 cm³/mol. The van der Waals surface area contributed by atoms with Gasteiger partial charge in [0, 0.05) is 24.7 Å². The maximum Gasteiger partial charge on any atom is 0.360 e. The van der Waals surface area contributed by atoms with E-state index in [1.807, 2.05) is 38.1 Å². The molecule has 1 aliphatic heterocycles. The molecule has 2 heterocycles. The fraction of sp³-hybridized carbons (Fsp3) is 0.455. The van der Waals surface area contributed by atoms with Crippen LogP contribution in [-0.2, 0) is 16.0 Å². The fourth-order valence-electron chi connectivity index (χ4n) is 3.64. The van der Waals surface area contributed by atoms with Gasteiger partial charge in [0.05, 0.1) is 25.4 Å². The second kappa shape index (κ2) is 10.5. The molecule has 0 saturated carbocycles.